The summed E-state index contributed by atoms with van der Waals surface area (Å²) in [6.07, 6.45) is 0. The van der Waals surface area contributed by atoms with Crippen molar-refractivity contribution >= 4 is 0 Å². The van der Waals surface area contributed by atoms with Gasteiger partial charge in [-0.25, -0.2) is 0 Å². The molecular formula is C15H24N2. The molecule has 0 amide bonds. The summed E-state index contributed by atoms with van der Waals surface area (Å²) in [6.45, 7) is 9.67. The van der Waals surface area contributed by atoms with Crippen molar-refractivity contribution < 1.29 is 0 Å². The molecule has 1 aromatic rings. The van der Waals surface area contributed by atoms with Gasteiger partial charge < -0.3 is 10.6 Å². The van der Waals surface area contributed by atoms with E-state index in [0.717, 1.165) is 19.6 Å². The van der Waals surface area contributed by atoms with Gasteiger partial charge in [-0.1, -0.05) is 39.0 Å². The van der Waals surface area contributed by atoms with Crippen molar-refractivity contribution in [1.82, 2.24) is 4.90 Å². The first-order valence-corrected chi connectivity index (χ1v) is 6.43. The van der Waals surface area contributed by atoms with Crippen molar-refractivity contribution in [3.05, 3.63) is 34.9 Å². The molecule has 2 nitrogen and oxygen atoms in total. The highest BCUT2D eigenvalue weighted by Crippen LogP contribution is 2.31. The first-order chi connectivity index (χ1) is 7.91. The zero-order valence-electron chi connectivity index (χ0n) is 11.5. The Hall–Kier alpha value is -0.860. The molecule has 1 aromatic carbocycles. The molecule has 0 fully saturated rings. The molecule has 1 aliphatic heterocycles. The zero-order chi connectivity index (χ0) is 12.6. The zero-order valence-corrected chi connectivity index (χ0v) is 11.5. The Morgan fingerprint density at radius 1 is 1.35 bits per heavy atom. The minimum Gasteiger partial charge on any atom is -0.330 e. The average Bonchev–Trinajstić information content (AvgIpc) is 2.25. The van der Waals surface area contributed by atoms with Crippen molar-refractivity contribution in [2.24, 2.45) is 5.73 Å². The summed E-state index contributed by atoms with van der Waals surface area (Å²) in [5.74, 6) is 0.498. The summed E-state index contributed by atoms with van der Waals surface area (Å²) in [4.78, 5) is 2.37. The maximum Gasteiger partial charge on any atom is 0.0233 e. The molecule has 2 heteroatoms. The van der Waals surface area contributed by atoms with E-state index in [-0.39, 0.29) is 5.41 Å². The van der Waals surface area contributed by atoms with Crippen molar-refractivity contribution in [2.45, 2.75) is 38.6 Å². The van der Waals surface area contributed by atoms with Crippen LogP contribution in [0.15, 0.2) is 18.2 Å². The molecule has 17 heavy (non-hydrogen) atoms. The number of benzene rings is 1. The van der Waals surface area contributed by atoms with Crippen LogP contribution in [0.2, 0.25) is 0 Å². The number of fused-ring (bicyclic) bond motifs is 1. The largest absolute Gasteiger partial charge is 0.330 e. The summed E-state index contributed by atoms with van der Waals surface area (Å²) >= 11 is 0. The van der Waals surface area contributed by atoms with Crippen LogP contribution in [0.1, 0.15) is 43.4 Å². The molecule has 0 spiro atoms. The first-order valence-electron chi connectivity index (χ1n) is 6.43. The summed E-state index contributed by atoms with van der Waals surface area (Å²) < 4.78 is 0. The van der Waals surface area contributed by atoms with Crippen LogP contribution >= 0.6 is 0 Å². The second-order valence-electron chi connectivity index (χ2n) is 6.29. The van der Waals surface area contributed by atoms with Crippen LogP contribution < -0.4 is 5.73 Å². The Balaban J connectivity index is 2.41. The summed E-state index contributed by atoms with van der Waals surface area (Å²) in [6, 6.07) is 6.93. The number of rotatable bonds is 1. The first kappa shape index (κ1) is 12.6. The van der Waals surface area contributed by atoms with Gasteiger partial charge in [0.05, 0.1) is 0 Å². The molecule has 0 saturated heterocycles. The van der Waals surface area contributed by atoms with Gasteiger partial charge in [-0.2, -0.15) is 0 Å². The Kier molecular flexibility index (Phi) is 3.28. The van der Waals surface area contributed by atoms with Crippen molar-refractivity contribution in [2.75, 3.05) is 20.1 Å². The van der Waals surface area contributed by atoms with Gasteiger partial charge in [-0.15, -0.1) is 0 Å². The molecule has 0 saturated carbocycles. The standard InChI is InChI=1S/C15H24N2/c1-15(2,3)13-5-6-14-11(7-13)9-17(4)10-12(14)8-16/h5-7,12H,8-10,16H2,1-4H3. The molecule has 1 heterocycles. The lowest BCUT2D eigenvalue weighted by molar-refractivity contribution is 0.282. The molecule has 1 unspecified atom stereocenters. The number of hydrogen-bond acceptors (Lipinski definition) is 2. The Labute approximate surface area is 105 Å². The molecule has 0 aromatic heterocycles. The molecular weight excluding hydrogens is 208 g/mol. The van der Waals surface area contributed by atoms with Crippen LogP contribution in [0.4, 0.5) is 0 Å². The molecule has 1 atom stereocenters. The monoisotopic (exact) mass is 232 g/mol. The summed E-state index contributed by atoms with van der Waals surface area (Å²) in [5, 5.41) is 0. The highest BCUT2D eigenvalue weighted by molar-refractivity contribution is 5.39. The summed E-state index contributed by atoms with van der Waals surface area (Å²) in [5.41, 5.74) is 10.4. The van der Waals surface area contributed by atoms with E-state index < -0.39 is 0 Å². The molecule has 2 rings (SSSR count). The van der Waals surface area contributed by atoms with Crippen LogP contribution in [0, 0.1) is 0 Å². The third-order valence-corrected chi connectivity index (χ3v) is 3.71. The van der Waals surface area contributed by atoms with E-state index in [1.807, 2.05) is 0 Å². The lowest BCUT2D eigenvalue weighted by atomic mass is 9.82. The quantitative estimate of drug-likeness (QED) is 0.806. The van der Waals surface area contributed by atoms with Gasteiger partial charge in [0.25, 0.3) is 0 Å². The van der Waals surface area contributed by atoms with E-state index in [1.54, 1.807) is 0 Å². The van der Waals surface area contributed by atoms with Crippen LogP contribution in [0.5, 0.6) is 0 Å². The molecule has 94 valence electrons. The average molecular weight is 232 g/mol. The van der Waals surface area contributed by atoms with Gasteiger partial charge in [0, 0.05) is 25.6 Å². The topological polar surface area (TPSA) is 29.3 Å². The Morgan fingerprint density at radius 2 is 2.06 bits per heavy atom. The second kappa shape index (κ2) is 4.43. The van der Waals surface area contributed by atoms with E-state index in [1.165, 1.54) is 16.7 Å². The summed E-state index contributed by atoms with van der Waals surface area (Å²) in [7, 11) is 2.18. The Morgan fingerprint density at radius 3 is 2.65 bits per heavy atom. The predicted molar refractivity (Wildman–Crippen MR) is 73.3 cm³/mol. The smallest absolute Gasteiger partial charge is 0.0233 e. The van der Waals surface area contributed by atoms with E-state index >= 15 is 0 Å². The van der Waals surface area contributed by atoms with Crippen LogP contribution in [-0.4, -0.2) is 25.0 Å². The van der Waals surface area contributed by atoms with E-state index in [2.05, 4.69) is 50.9 Å². The van der Waals surface area contributed by atoms with Crippen molar-refractivity contribution in [3.63, 3.8) is 0 Å². The van der Waals surface area contributed by atoms with Gasteiger partial charge in [-0.3, -0.25) is 0 Å². The van der Waals surface area contributed by atoms with Crippen molar-refractivity contribution in [1.29, 1.82) is 0 Å². The van der Waals surface area contributed by atoms with Gasteiger partial charge >= 0.3 is 0 Å². The lowest BCUT2D eigenvalue weighted by Gasteiger charge is -2.33. The van der Waals surface area contributed by atoms with E-state index in [0.29, 0.717) is 5.92 Å². The van der Waals surface area contributed by atoms with Crippen LogP contribution in [0.25, 0.3) is 0 Å². The fourth-order valence-corrected chi connectivity index (χ4v) is 2.64. The van der Waals surface area contributed by atoms with Gasteiger partial charge in [-0.05, 0) is 29.2 Å². The van der Waals surface area contributed by atoms with Crippen LogP contribution in [-0.2, 0) is 12.0 Å². The predicted octanol–water partition coefficient (Wildman–Crippen LogP) is 2.47. The fraction of sp³-hybridized carbons (Fsp3) is 0.600. The van der Waals surface area contributed by atoms with E-state index in [9.17, 15) is 0 Å². The highest BCUT2D eigenvalue weighted by atomic mass is 15.1. The lowest BCUT2D eigenvalue weighted by Crippen LogP contribution is -2.34. The maximum absolute atomic E-state index is 5.88. The minimum absolute atomic E-state index is 0.225. The fourth-order valence-electron chi connectivity index (χ4n) is 2.64. The van der Waals surface area contributed by atoms with Gasteiger partial charge in [0.1, 0.15) is 0 Å². The maximum atomic E-state index is 5.88. The number of nitrogens with two attached hydrogens (primary N) is 1. The number of hydrogen-bond donors (Lipinski definition) is 1. The third kappa shape index (κ3) is 2.53. The SMILES string of the molecule is CN1Cc2cc(C(C)(C)C)ccc2C(CN)C1. The number of likely N-dealkylation sites (N-methyl/N-ethyl adjacent to an activating group) is 1. The highest BCUT2D eigenvalue weighted by Gasteiger charge is 2.24. The molecule has 1 aliphatic rings. The number of nitrogens with zero attached hydrogens (tertiary/aromatic N) is 1. The van der Waals surface area contributed by atoms with Gasteiger partial charge in [0.15, 0.2) is 0 Å². The molecule has 0 bridgehead atoms. The van der Waals surface area contributed by atoms with Crippen molar-refractivity contribution in [3.8, 4) is 0 Å². The van der Waals surface area contributed by atoms with Crippen LogP contribution in [0.3, 0.4) is 0 Å². The normalized spacial score (nSPS) is 21.4. The third-order valence-electron chi connectivity index (χ3n) is 3.71. The van der Waals surface area contributed by atoms with E-state index in [4.69, 9.17) is 5.73 Å². The molecule has 0 radical (unpaired) electrons. The minimum atomic E-state index is 0.225. The van der Waals surface area contributed by atoms with Gasteiger partial charge in [0.2, 0.25) is 0 Å². The second-order valence-corrected chi connectivity index (χ2v) is 6.29. The molecule has 2 N–H and O–H groups in total. The Bertz CT molecular complexity index is 404. The molecule has 0 aliphatic carbocycles.